The SMILES string of the molecule is Cn1nccc1[C@@H]1OCCC[C@H]1CNCCc1ccc2ccccc2n1. The lowest BCUT2D eigenvalue weighted by Gasteiger charge is -2.32. The summed E-state index contributed by atoms with van der Waals surface area (Å²) >= 11 is 0. The zero-order chi connectivity index (χ0) is 17.8. The lowest BCUT2D eigenvalue weighted by Crippen LogP contribution is -2.33. The molecule has 0 amide bonds. The molecule has 5 nitrogen and oxygen atoms in total. The van der Waals surface area contributed by atoms with Gasteiger partial charge in [-0.15, -0.1) is 0 Å². The smallest absolute Gasteiger partial charge is 0.103 e. The first-order valence-electron chi connectivity index (χ1n) is 9.46. The van der Waals surface area contributed by atoms with Gasteiger partial charge < -0.3 is 10.1 Å². The Morgan fingerprint density at radius 1 is 1.19 bits per heavy atom. The summed E-state index contributed by atoms with van der Waals surface area (Å²) in [5.41, 5.74) is 3.38. The average molecular weight is 350 g/mol. The molecule has 3 heterocycles. The van der Waals surface area contributed by atoms with Crippen molar-refractivity contribution in [2.24, 2.45) is 13.0 Å². The van der Waals surface area contributed by atoms with Crippen LogP contribution in [0.5, 0.6) is 0 Å². The molecule has 0 spiro atoms. The first kappa shape index (κ1) is 17.2. The van der Waals surface area contributed by atoms with E-state index in [1.807, 2.05) is 24.0 Å². The Kier molecular flexibility index (Phi) is 5.27. The molecule has 136 valence electrons. The number of hydrogen-bond donors (Lipinski definition) is 1. The van der Waals surface area contributed by atoms with Crippen LogP contribution in [0.1, 0.15) is 30.3 Å². The minimum atomic E-state index is 0.141. The summed E-state index contributed by atoms with van der Waals surface area (Å²) in [5.74, 6) is 0.490. The number of pyridine rings is 1. The monoisotopic (exact) mass is 350 g/mol. The second kappa shape index (κ2) is 7.98. The van der Waals surface area contributed by atoms with Gasteiger partial charge in [-0.2, -0.15) is 5.10 Å². The van der Waals surface area contributed by atoms with E-state index in [-0.39, 0.29) is 6.10 Å². The number of ether oxygens (including phenoxy) is 1. The highest BCUT2D eigenvalue weighted by molar-refractivity contribution is 5.78. The van der Waals surface area contributed by atoms with Crippen molar-refractivity contribution in [1.29, 1.82) is 0 Å². The van der Waals surface area contributed by atoms with Gasteiger partial charge >= 0.3 is 0 Å². The number of aryl methyl sites for hydroxylation is 1. The maximum absolute atomic E-state index is 6.07. The third-order valence-corrected chi connectivity index (χ3v) is 5.22. The Bertz CT molecular complexity index is 860. The quantitative estimate of drug-likeness (QED) is 0.693. The van der Waals surface area contributed by atoms with Gasteiger partial charge in [0, 0.05) is 56.4 Å². The molecule has 1 saturated heterocycles. The van der Waals surface area contributed by atoms with Gasteiger partial charge in [-0.25, -0.2) is 0 Å². The van der Waals surface area contributed by atoms with Crippen LogP contribution >= 0.6 is 0 Å². The molecule has 1 N–H and O–H groups in total. The zero-order valence-corrected chi connectivity index (χ0v) is 15.3. The molecule has 1 aliphatic heterocycles. The van der Waals surface area contributed by atoms with Gasteiger partial charge in [0.25, 0.3) is 0 Å². The molecule has 0 saturated carbocycles. The molecule has 2 atom stereocenters. The molecule has 4 rings (SSSR count). The summed E-state index contributed by atoms with van der Waals surface area (Å²) in [5, 5.41) is 9.11. The zero-order valence-electron chi connectivity index (χ0n) is 15.3. The number of para-hydroxylation sites is 1. The molecular formula is C21H26N4O. The second-order valence-electron chi connectivity index (χ2n) is 7.02. The van der Waals surface area contributed by atoms with E-state index in [4.69, 9.17) is 9.72 Å². The first-order valence-corrected chi connectivity index (χ1v) is 9.46. The molecule has 2 aromatic heterocycles. The van der Waals surface area contributed by atoms with Crippen molar-refractivity contribution in [1.82, 2.24) is 20.1 Å². The van der Waals surface area contributed by atoms with Crippen LogP contribution in [0.4, 0.5) is 0 Å². The van der Waals surface area contributed by atoms with Crippen LogP contribution in [0.15, 0.2) is 48.7 Å². The minimum absolute atomic E-state index is 0.141. The highest BCUT2D eigenvalue weighted by atomic mass is 16.5. The summed E-state index contributed by atoms with van der Waals surface area (Å²) in [6, 6.07) is 14.6. The van der Waals surface area contributed by atoms with Crippen molar-refractivity contribution in [3.8, 4) is 0 Å². The predicted molar refractivity (Wildman–Crippen MR) is 103 cm³/mol. The molecule has 3 aromatic rings. The van der Waals surface area contributed by atoms with Gasteiger partial charge in [-0.1, -0.05) is 24.3 Å². The van der Waals surface area contributed by atoms with Crippen molar-refractivity contribution in [3.63, 3.8) is 0 Å². The molecule has 0 bridgehead atoms. The van der Waals surface area contributed by atoms with E-state index in [1.165, 1.54) is 17.5 Å². The standard InChI is InChI=1S/C21H26N4O/c1-25-20(11-13-23-25)21-17(6-4-14-26-21)15-22-12-10-18-9-8-16-5-2-3-7-19(16)24-18/h2-3,5,7-9,11,13,17,21-22H,4,6,10,12,14-15H2,1H3/t17-,21+/m0/s1. The van der Waals surface area contributed by atoms with Crippen LogP contribution in [-0.4, -0.2) is 34.5 Å². The summed E-state index contributed by atoms with van der Waals surface area (Å²) in [6.07, 6.45) is 5.25. The molecule has 0 unspecified atom stereocenters. The van der Waals surface area contributed by atoms with Crippen LogP contribution in [-0.2, 0) is 18.2 Å². The van der Waals surface area contributed by atoms with E-state index < -0.39 is 0 Å². The van der Waals surface area contributed by atoms with E-state index in [0.29, 0.717) is 5.92 Å². The Balaban J connectivity index is 1.32. The van der Waals surface area contributed by atoms with Gasteiger partial charge in [0.2, 0.25) is 0 Å². The number of benzene rings is 1. The lowest BCUT2D eigenvalue weighted by atomic mass is 9.92. The van der Waals surface area contributed by atoms with Crippen molar-refractivity contribution < 1.29 is 4.74 Å². The molecule has 0 radical (unpaired) electrons. The second-order valence-corrected chi connectivity index (χ2v) is 7.02. The van der Waals surface area contributed by atoms with Gasteiger partial charge in [0.1, 0.15) is 6.10 Å². The van der Waals surface area contributed by atoms with Gasteiger partial charge in [-0.3, -0.25) is 9.67 Å². The van der Waals surface area contributed by atoms with Gasteiger partial charge in [0.15, 0.2) is 0 Å². The topological polar surface area (TPSA) is 52.0 Å². The Hall–Kier alpha value is -2.24. The third-order valence-electron chi connectivity index (χ3n) is 5.22. The highest BCUT2D eigenvalue weighted by Gasteiger charge is 2.29. The number of aromatic nitrogens is 3. The number of hydrogen-bond acceptors (Lipinski definition) is 4. The fraction of sp³-hybridized carbons (Fsp3) is 0.429. The van der Waals surface area contributed by atoms with Crippen molar-refractivity contribution in [2.45, 2.75) is 25.4 Å². The molecule has 0 aliphatic carbocycles. The van der Waals surface area contributed by atoms with Crippen molar-refractivity contribution in [3.05, 3.63) is 60.0 Å². The molecule has 1 aromatic carbocycles. The summed E-state index contributed by atoms with van der Waals surface area (Å²) in [7, 11) is 1.99. The van der Waals surface area contributed by atoms with Crippen LogP contribution in [0, 0.1) is 5.92 Å². The Labute approximate surface area is 154 Å². The number of nitrogens with zero attached hydrogens (tertiary/aromatic N) is 3. The van der Waals surface area contributed by atoms with Crippen molar-refractivity contribution in [2.75, 3.05) is 19.7 Å². The fourth-order valence-corrected chi connectivity index (χ4v) is 3.79. The van der Waals surface area contributed by atoms with Crippen LogP contribution in [0.2, 0.25) is 0 Å². The number of rotatable bonds is 6. The molecule has 5 heteroatoms. The maximum Gasteiger partial charge on any atom is 0.103 e. The van der Waals surface area contributed by atoms with Gasteiger partial charge in [0.05, 0.1) is 11.2 Å². The average Bonchev–Trinajstić information content (AvgIpc) is 3.11. The van der Waals surface area contributed by atoms with E-state index in [9.17, 15) is 0 Å². The Morgan fingerprint density at radius 3 is 3.00 bits per heavy atom. The van der Waals surface area contributed by atoms with E-state index in [2.05, 4.69) is 46.8 Å². The minimum Gasteiger partial charge on any atom is -0.372 e. The predicted octanol–water partition coefficient (Wildman–Crippen LogP) is 3.27. The molecular weight excluding hydrogens is 324 g/mol. The van der Waals surface area contributed by atoms with E-state index in [1.54, 1.807) is 0 Å². The summed E-state index contributed by atoms with van der Waals surface area (Å²) < 4.78 is 8.00. The summed E-state index contributed by atoms with van der Waals surface area (Å²) in [6.45, 7) is 2.73. The maximum atomic E-state index is 6.07. The van der Waals surface area contributed by atoms with E-state index in [0.717, 1.165) is 43.7 Å². The van der Waals surface area contributed by atoms with Crippen molar-refractivity contribution >= 4 is 10.9 Å². The van der Waals surface area contributed by atoms with E-state index >= 15 is 0 Å². The van der Waals surface area contributed by atoms with Crippen LogP contribution < -0.4 is 5.32 Å². The molecule has 26 heavy (non-hydrogen) atoms. The number of nitrogens with one attached hydrogen (secondary N) is 1. The lowest BCUT2D eigenvalue weighted by molar-refractivity contribution is -0.0321. The molecule has 1 aliphatic rings. The normalized spacial score (nSPS) is 20.5. The number of fused-ring (bicyclic) bond motifs is 1. The third kappa shape index (κ3) is 3.79. The Morgan fingerprint density at radius 2 is 2.12 bits per heavy atom. The van der Waals surface area contributed by atoms with Gasteiger partial charge in [-0.05, 0) is 31.0 Å². The van der Waals surface area contributed by atoms with Crippen LogP contribution in [0.25, 0.3) is 10.9 Å². The molecule has 1 fully saturated rings. The highest BCUT2D eigenvalue weighted by Crippen LogP contribution is 2.32. The fourth-order valence-electron chi connectivity index (χ4n) is 3.79. The van der Waals surface area contributed by atoms with Crippen LogP contribution in [0.3, 0.4) is 0 Å². The first-order chi connectivity index (χ1) is 12.8. The largest absolute Gasteiger partial charge is 0.372 e. The summed E-state index contributed by atoms with van der Waals surface area (Å²) in [4.78, 5) is 4.75.